The summed E-state index contributed by atoms with van der Waals surface area (Å²) in [7, 11) is -1.35. The van der Waals surface area contributed by atoms with Crippen molar-refractivity contribution in [2.24, 2.45) is 0 Å². The van der Waals surface area contributed by atoms with Crippen LogP contribution in [0.2, 0.25) is 0 Å². The summed E-state index contributed by atoms with van der Waals surface area (Å²) in [5.41, 5.74) is 2.51. The Bertz CT molecular complexity index is 497. The topological polar surface area (TPSA) is 27.7 Å². The summed E-state index contributed by atoms with van der Waals surface area (Å²) >= 11 is 0. The first-order chi connectivity index (χ1) is 12.9. The van der Waals surface area contributed by atoms with Crippen molar-refractivity contribution in [3.05, 3.63) is 29.3 Å². The second-order valence-electron chi connectivity index (χ2n) is 8.30. The molecule has 1 rings (SSSR count). The van der Waals surface area contributed by atoms with E-state index in [1.165, 1.54) is 49.7 Å². The molecule has 3 nitrogen and oxygen atoms in total. The number of aryl methyl sites for hydroxylation is 1. The van der Waals surface area contributed by atoms with Crippen LogP contribution in [0.4, 0.5) is 0 Å². The third-order valence-corrected chi connectivity index (χ3v) is 5.68. The fraction of sp³-hybridized carbons (Fsp3) is 0.739. The third-order valence-electron chi connectivity index (χ3n) is 4.55. The summed E-state index contributed by atoms with van der Waals surface area (Å²) in [5, 5.41) is 0. The van der Waals surface area contributed by atoms with Crippen molar-refractivity contribution in [2.75, 3.05) is 13.2 Å². The first-order valence-corrected chi connectivity index (χ1v) is 11.8. The van der Waals surface area contributed by atoms with Gasteiger partial charge in [0.1, 0.15) is 5.75 Å². The number of benzene rings is 1. The quantitative estimate of drug-likeness (QED) is 0.235. The maximum atomic E-state index is 6.29. The summed E-state index contributed by atoms with van der Waals surface area (Å²) in [6.45, 7) is 14.7. The largest absolute Gasteiger partial charge is 0.426 e. The van der Waals surface area contributed by atoms with Gasteiger partial charge >= 0.3 is 8.60 Å². The molecule has 0 amide bonds. The first-order valence-electron chi connectivity index (χ1n) is 10.7. The van der Waals surface area contributed by atoms with Crippen LogP contribution in [0.25, 0.3) is 0 Å². The van der Waals surface area contributed by atoms with Crippen LogP contribution in [0.3, 0.4) is 0 Å². The van der Waals surface area contributed by atoms with E-state index in [2.05, 4.69) is 53.7 Å². The molecule has 0 unspecified atom stereocenters. The lowest BCUT2D eigenvalue weighted by Crippen LogP contribution is -2.15. The van der Waals surface area contributed by atoms with Crippen LogP contribution in [0.1, 0.15) is 97.1 Å². The molecule has 0 aliphatic heterocycles. The molecular weight excluding hydrogens is 355 g/mol. The van der Waals surface area contributed by atoms with E-state index < -0.39 is 8.60 Å². The summed E-state index contributed by atoms with van der Waals surface area (Å²) in [5.74, 6) is 0.899. The van der Waals surface area contributed by atoms with Gasteiger partial charge in [-0.3, -0.25) is 0 Å². The predicted octanol–water partition coefficient (Wildman–Crippen LogP) is 8.09. The van der Waals surface area contributed by atoms with Gasteiger partial charge in [0.25, 0.3) is 0 Å². The van der Waals surface area contributed by atoms with Crippen LogP contribution in [-0.2, 0) is 14.5 Å². The number of rotatable bonds is 14. The Morgan fingerprint density at radius 3 is 1.85 bits per heavy atom. The molecule has 0 aliphatic carbocycles. The van der Waals surface area contributed by atoms with Gasteiger partial charge in [0.05, 0.1) is 13.2 Å². The molecule has 0 atom stereocenters. The van der Waals surface area contributed by atoms with Crippen molar-refractivity contribution in [3.8, 4) is 5.75 Å². The second kappa shape index (κ2) is 13.5. The van der Waals surface area contributed by atoms with Gasteiger partial charge < -0.3 is 13.6 Å². The molecule has 1 aromatic carbocycles. The summed E-state index contributed by atoms with van der Waals surface area (Å²) < 4.78 is 18.3. The van der Waals surface area contributed by atoms with E-state index in [4.69, 9.17) is 13.6 Å². The maximum absolute atomic E-state index is 6.29. The van der Waals surface area contributed by atoms with Crippen molar-refractivity contribution in [3.63, 3.8) is 0 Å². The van der Waals surface area contributed by atoms with Gasteiger partial charge in [-0.05, 0) is 36.8 Å². The van der Waals surface area contributed by atoms with E-state index >= 15 is 0 Å². The van der Waals surface area contributed by atoms with Crippen molar-refractivity contribution in [1.82, 2.24) is 0 Å². The van der Waals surface area contributed by atoms with Crippen LogP contribution in [0.5, 0.6) is 5.75 Å². The first kappa shape index (κ1) is 24.4. The molecule has 0 bridgehead atoms. The van der Waals surface area contributed by atoms with Crippen LogP contribution < -0.4 is 4.52 Å². The van der Waals surface area contributed by atoms with E-state index in [0.29, 0.717) is 13.2 Å². The molecular formula is C23H41O3P. The zero-order valence-corrected chi connectivity index (χ0v) is 19.4. The average Bonchev–Trinajstić information content (AvgIpc) is 2.60. The van der Waals surface area contributed by atoms with Crippen LogP contribution in [0, 0.1) is 6.92 Å². The Morgan fingerprint density at radius 1 is 0.815 bits per heavy atom. The smallest absolute Gasteiger partial charge is 0.397 e. The number of unbranched alkanes of at least 4 members (excludes halogenated alkanes) is 6. The highest BCUT2D eigenvalue weighted by atomic mass is 31.2. The number of hydrogen-bond acceptors (Lipinski definition) is 3. The third kappa shape index (κ3) is 9.92. The van der Waals surface area contributed by atoms with Crippen molar-refractivity contribution >= 4 is 8.60 Å². The molecule has 1 aromatic rings. The molecule has 0 radical (unpaired) electrons. The molecule has 0 heterocycles. The lowest BCUT2D eigenvalue weighted by molar-refractivity contribution is 0.198. The zero-order chi connectivity index (χ0) is 20.1. The minimum atomic E-state index is -1.35. The van der Waals surface area contributed by atoms with Crippen molar-refractivity contribution < 1.29 is 13.6 Å². The summed E-state index contributed by atoms with van der Waals surface area (Å²) in [6, 6.07) is 6.24. The molecule has 27 heavy (non-hydrogen) atoms. The van der Waals surface area contributed by atoms with Crippen molar-refractivity contribution in [2.45, 2.75) is 98.3 Å². The number of hydrogen-bond donors (Lipinski definition) is 0. The van der Waals surface area contributed by atoms with Crippen LogP contribution >= 0.6 is 8.60 Å². The SMILES string of the molecule is CCCCCCOP(OCCCCCC)Oc1cccc(C)c1C(C)(C)C. The van der Waals surface area contributed by atoms with E-state index in [1.807, 2.05) is 6.07 Å². The molecule has 0 fully saturated rings. The predicted molar refractivity (Wildman–Crippen MR) is 118 cm³/mol. The molecule has 0 saturated carbocycles. The van der Waals surface area contributed by atoms with E-state index in [9.17, 15) is 0 Å². The Hall–Kier alpha value is -0.630. The summed E-state index contributed by atoms with van der Waals surface area (Å²) in [4.78, 5) is 0. The second-order valence-corrected chi connectivity index (χ2v) is 9.45. The molecule has 156 valence electrons. The summed E-state index contributed by atoms with van der Waals surface area (Å²) in [6.07, 6.45) is 9.51. The van der Waals surface area contributed by atoms with Gasteiger partial charge in [-0.15, -0.1) is 0 Å². The normalized spacial score (nSPS) is 12.0. The maximum Gasteiger partial charge on any atom is 0.397 e. The fourth-order valence-corrected chi connectivity index (χ4v) is 4.23. The minimum Gasteiger partial charge on any atom is -0.426 e. The van der Waals surface area contributed by atoms with Crippen LogP contribution in [0.15, 0.2) is 18.2 Å². The minimum absolute atomic E-state index is 0.0178. The molecule has 0 aromatic heterocycles. The monoisotopic (exact) mass is 396 g/mol. The Balaban J connectivity index is 2.72. The molecule has 0 N–H and O–H groups in total. The van der Waals surface area contributed by atoms with Gasteiger partial charge in [0, 0.05) is 5.56 Å². The lowest BCUT2D eigenvalue weighted by Gasteiger charge is -2.26. The van der Waals surface area contributed by atoms with Gasteiger partial charge in [-0.25, -0.2) is 0 Å². The Kier molecular flexibility index (Phi) is 12.2. The highest BCUT2D eigenvalue weighted by molar-refractivity contribution is 7.42. The zero-order valence-electron chi connectivity index (χ0n) is 18.5. The van der Waals surface area contributed by atoms with Crippen molar-refractivity contribution in [1.29, 1.82) is 0 Å². The van der Waals surface area contributed by atoms with E-state index in [0.717, 1.165) is 18.6 Å². The highest BCUT2D eigenvalue weighted by Gasteiger charge is 2.24. The van der Waals surface area contributed by atoms with Gasteiger partial charge in [-0.1, -0.05) is 85.3 Å². The molecule has 0 aliphatic rings. The van der Waals surface area contributed by atoms with E-state index in [-0.39, 0.29) is 5.41 Å². The van der Waals surface area contributed by atoms with Gasteiger partial charge in [-0.2, -0.15) is 0 Å². The Labute approximate surface area is 169 Å². The van der Waals surface area contributed by atoms with E-state index in [1.54, 1.807) is 0 Å². The molecule has 4 heteroatoms. The van der Waals surface area contributed by atoms with Crippen LogP contribution in [-0.4, -0.2) is 13.2 Å². The Morgan fingerprint density at radius 2 is 1.37 bits per heavy atom. The fourth-order valence-electron chi connectivity index (χ4n) is 3.18. The van der Waals surface area contributed by atoms with Gasteiger partial charge in [0.2, 0.25) is 0 Å². The molecule has 0 saturated heterocycles. The molecule has 0 spiro atoms. The highest BCUT2D eigenvalue weighted by Crippen LogP contribution is 2.45. The standard InChI is InChI=1S/C23H41O3P/c1-7-9-11-13-18-24-27(25-19-14-12-10-8-2)26-21-17-15-16-20(3)22(21)23(4,5)6/h15-17H,7-14,18-19H2,1-6H3. The van der Waals surface area contributed by atoms with Gasteiger partial charge in [0.15, 0.2) is 0 Å². The lowest BCUT2D eigenvalue weighted by atomic mass is 9.83. The average molecular weight is 397 g/mol.